The molecule has 1 N–H and O–H groups in total. The molecule has 0 bridgehead atoms. The van der Waals surface area contributed by atoms with E-state index in [1.165, 1.54) is 6.07 Å². The lowest BCUT2D eigenvalue weighted by Crippen LogP contribution is -2.23. The molecule has 1 unspecified atom stereocenters. The molecule has 0 radical (unpaired) electrons. The molecule has 21 heavy (non-hydrogen) atoms. The third-order valence-corrected chi connectivity index (χ3v) is 4.76. The molecule has 118 valence electrons. The second kappa shape index (κ2) is 6.39. The van der Waals surface area contributed by atoms with E-state index in [0.717, 1.165) is 37.8 Å². The quantitative estimate of drug-likeness (QED) is 0.813. The predicted molar refractivity (Wildman–Crippen MR) is 76.7 cm³/mol. The molecule has 1 nitrogen and oxygen atoms in total. The van der Waals surface area contributed by atoms with Crippen LogP contribution in [0.5, 0.6) is 0 Å². The smallest absolute Gasteiger partial charge is 0.388 e. The average molecular weight is 300 g/mol. The van der Waals surface area contributed by atoms with E-state index in [1.54, 1.807) is 6.07 Å². The number of rotatable bonds is 3. The zero-order valence-corrected chi connectivity index (χ0v) is 12.5. The minimum absolute atomic E-state index is 0.0727. The highest BCUT2D eigenvalue weighted by molar-refractivity contribution is 5.27. The molecule has 0 aromatic heterocycles. The van der Waals surface area contributed by atoms with Gasteiger partial charge >= 0.3 is 6.18 Å². The second-order valence-corrected chi connectivity index (χ2v) is 6.49. The topological polar surface area (TPSA) is 20.2 Å². The summed E-state index contributed by atoms with van der Waals surface area (Å²) in [6.07, 6.45) is -1.26. The predicted octanol–water partition coefficient (Wildman–Crippen LogP) is 5.20. The fraction of sp³-hybridized carbons (Fsp3) is 0.647. The van der Waals surface area contributed by atoms with Crippen LogP contribution in [0.25, 0.3) is 0 Å². The Morgan fingerprint density at radius 3 is 2.14 bits per heavy atom. The lowest BCUT2D eigenvalue weighted by atomic mass is 9.74. The minimum atomic E-state index is -4.36. The maximum Gasteiger partial charge on any atom is 0.416 e. The van der Waals surface area contributed by atoms with Crippen molar-refractivity contribution in [2.45, 2.75) is 51.8 Å². The van der Waals surface area contributed by atoms with Crippen LogP contribution in [0.3, 0.4) is 0 Å². The molecule has 1 aliphatic rings. The van der Waals surface area contributed by atoms with E-state index in [2.05, 4.69) is 13.8 Å². The Kier molecular flexibility index (Phi) is 4.97. The van der Waals surface area contributed by atoms with Crippen LogP contribution in [0.15, 0.2) is 24.3 Å². The van der Waals surface area contributed by atoms with Crippen molar-refractivity contribution in [3.05, 3.63) is 35.4 Å². The van der Waals surface area contributed by atoms with Crippen LogP contribution in [0.1, 0.15) is 56.8 Å². The van der Waals surface area contributed by atoms with Crippen LogP contribution in [0.2, 0.25) is 0 Å². The highest BCUT2D eigenvalue weighted by Gasteiger charge is 2.33. The molecule has 4 heteroatoms. The number of hydrogen-bond donors (Lipinski definition) is 1. The Bertz CT molecular complexity index is 459. The van der Waals surface area contributed by atoms with Crippen LogP contribution in [-0.2, 0) is 6.18 Å². The van der Waals surface area contributed by atoms with Crippen molar-refractivity contribution in [3.8, 4) is 0 Å². The van der Waals surface area contributed by atoms with Gasteiger partial charge in [0.2, 0.25) is 0 Å². The zero-order chi connectivity index (χ0) is 15.6. The maximum absolute atomic E-state index is 12.7. The van der Waals surface area contributed by atoms with E-state index in [-0.39, 0.29) is 5.92 Å². The Morgan fingerprint density at radius 1 is 1.05 bits per heavy atom. The van der Waals surface area contributed by atoms with Crippen LogP contribution in [-0.4, -0.2) is 5.11 Å². The SMILES string of the molecule is CC(C)C1CCC(C(O)c2cccc(C(F)(F)F)c2)CC1. The van der Waals surface area contributed by atoms with Gasteiger partial charge in [-0.3, -0.25) is 0 Å². The molecule has 1 aliphatic carbocycles. The van der Waals surface area contributed by atoms with Gasteiger partial charge in [0, 0.05) is 0 Å². The zero-order valence-electron chi connectivity index (χ0n) is 12.5. The van der Waals surface area contributed by atoms with Crippen molar-refractivity contribution in [1.29, 1.82) is 0 Å². The van der Waals surface area contributed by atoms with Gasteiger partial charge < -0.3 is 5.11 Å². The van der Waals surface area contributed by atoms with E-state index in [1.807, 2.05) is 0 Å². The molecule has 0 spiro atoms. The van der Waals surface area contributed by atoms with Gasteiger partial charge in [0.1, 0.15) is 0 Å². The van der Waals surface area contributed by atoms with E-state index in [4.69, 9.17) is 0 Å². The molecular weight excluding hydrogens is 277 g/mol. The van der Waals surface area contributed by atoms with E-state index < -0.39 is 17.8 Å². The van der Waals surface area contributed by atoms with Crippen molar-refractivity contribution in [2.75, 3.05) is 0 Å². The highest BCUT2D eigenvalue weighted by atomic mass is 19.4. The summed E-state index contributed by atoms with van der Waals surface area (Å²) >= 11 is 0. The van der Waals surface area contributed by atoms with Gasteiger partial charge in [0.05, 0.1) is 11.7 Å². The third kappa shape index (κ3) is 4.00. The average Bonchev–Trinajstić information content (AvgIpc) is 2.46. The lowest BCUT2D eigenvalue weighted by Gasteiger charge is -2.33. The molecule has 1 atom stereocenters. The van der Waals surface area contributed by atoms with Gasteiger partial charge in [-0.25, -0.2) is 0 Å². The molecule has 1 fully saturated rings. The lowest BCUT2D eigenvalue weighted by molar-refractivity contribution is -0.137. The number of hydrogen-bond acceptors (Lipinski definition) is 1. The van der Waals surface area contributed by atoms with Crippen molar-refractivity contribution in [3.63, 3.8) is 0 Å². The van der Waals surface area contributed by atoms with Gasteiger partial charge in [-0.05, 0) is 61.1 Å². The summed E-state index contributed by atoms with van der Waals surface area (Å²) in [5, 5.41) is 10.4. The Hall–Kier alpha value is -1.03. The van der Waals surface area contributed by atoms with E-state index >= 15 is 0 Å². The summed E-state index contributed by atoms with van der Waals surface area (Å²) in [5.41, 5.74) is -0.298. The second-order valence-electron chi connectivity index (χ2n) is 6.49. The van der Waals surface area contributed by atoms with Gasteiger partial charge in [-0.2, -0.15) is 13.2 Å². The number of aliphatic hydroxyl groups is 1. The number of aliphatic hydroxyl groups excluding tert-OH is 1. The summed E-state index contributed by atoms with van der Waals surface area (Å²) in [6, 6.07) is 5.10. The van der Waals surface area contributed by atoms with Crippen molar-refractivity contribution in [1.82, 2.24) is 0 Å². The normalized spacial score (nSPS) is 25.1. The standard InChI is InChI=1S/C17H23F3O/c1-11(2)12-6-8-13(9-7-12)16(21)14-4-3-5-15(10-14)17(18,19)20/h3-5,10-13,16,21H,6-9H2,1-2H3. The third-order valence-electron chi connectivity index (χ3n) is 4.76. The summed E-state index contributed by atoms with van der Waals surface area (Å²) in [7, 11) is 0. The van der Waals surface area contributed by atoms with Crippen molar-refractivity contribution < 1.29 is 18.3 Å². The van der Waals surface area contributed by atoms with E-state index in [9.17, 15) is 18.3 Å². The fourth-order valence-corrected chi connectivity index (χ4v) is 3.30. The fourth-order valence-electron chi connectivity index (χ4n) is 3.30. The molecule has 1 aromatic carbocycles. The first-order valence-electron chi connectivity index (χ1n) is 7.64. The van der Waals surface area contributed by atoms with Crippen LogP contribution < -0.4 is 0 Å². The largest absolute Gasteiger partial charge is 0.416 e. The van der Waals surface area contributed by atoms with Crippen LogP contribution >= 0.6 is 0 Å². The van der Waals surface area contributed by atoms with Gasteiger partial charge in [-0.1, -0.05) is 26.0 Å². The van der Waals surface area contributed by atoms with Gasteiger partial charge in [0.25, 0.3) is 0 Å². The Labute approximate surface area is 124 Å². The van der Waals surface area contributed by atoms with Crippen LogP contribution in [0.4, 0.5) is 13.2 Å². The first-order valence-corrected chi connectivity index (χ1v) is 7.64. The van der Waals surface area contributed by atoms with Crippen molar-refractivity contribution >= 4 is 0 Å². The maximum atomic E-state index is 12.7. The monoisotopic (exact) mass is 300 g/mol. The van der Waals surface area contributed by atoms with Gasteiger partial charge in [0.15, 0.2) is 0 Å². The molecule has 0 aliphatic heterocycles. The molecule has 0 heterocycles. The number of benzene rings is 1. The van der Waals surface area contributed by atoms with Crippen LogP contribution in [0, 0.1) is 17.8 Å². The number of halogens is 3. The molecule has 1 aromatic rings. The molecular formula is C17H23F3O. The first-order chi connectivity index (χ1) is 9.79. The van der Waals surface area contributed by atoms with Gasteiger partial charge in [-0.15, -0.1) is 0 Å². The Balaban J connectivity index is 2.06. The first kappa shape index (κ1) is 16.3. The molecule has 0 saturated heterocycles. The summed E-state index contributed by atoms with van der Waals surface area (Å²) in [4.78, 5) is 0. The highest BCUT2D eigenvalue weighted by Crippen LogP contribution is 2.40. The van der Waals surface area contributed by atoms with Crippen molar-refractivity contribution in [2.24, 2.45) is 17.8 Å². The summed E-state index contributed by atoms with van der Waals surface area (Å²) in [5.74, 6) is 1.38. The van der Waals surface area contributed by atoms with E-state index in [0.29, 0.717) is 17.4 Å². The minimum Gasteiger partial charge on any atom is -0.388 e. The number of alkyl halides is 3. The molecule has 1 saturated carbocycles. The summed E-state index contributed by atoms with van der Waals surface area (Å²) < 4.78 is 38.2. The summed E-state index contributed by atoms with van der Waals surface area (Å²) in [6.45, 7) is 4.41. The molecule has 0 amide bonds. The molecule has 2 rings (SSSR count). The Morgan fingerprint density at radius 2 is 1.62 bits per heavy atom.